The zero-order valence-electron chi connectivity index (χ0n) is 13.7. The highest BCUT2D eigenvalue weighted by Crippen LogP contribution is 2.42. The lowest BCUT2D eigenvalue weighted by Crippen LogP contribution is -2.51. The normalized spacial score (nSPS) is 24.3. The molecule has 0 spiro atoms. The van der Waals surface area contributed by atoms with E-state index in [0.29, 0.717) is 36.2 Å². The summed E-state index contributed by atoms with van der Waals surface area (Å²) in [5, 5.41) is 14.7. The van der Waals surface area contributed by atoms with Crippen LogP contribution in [0, 0.1) is 6.92 Å². The number of aryl methyl sites for hydroxylation is 1. The van der Waals surface area contributed by atoms with E-state index >= 15 is 0 Å². The van der Waals surface area contributed by atoms with E-state index < -0.39 is 5.60 Å². The Kier molecular flexibility index (Phi) is 3.68. The summed E-state index contributed by atoms with van der Waals surface area (Å²) in [5.41, 5.74) is -0.397. The maximum absolute atomic E-state index is 12.9. The Balaban J connectivity index is 1.49. The summed E-state index contributed by atoms with van der Waals surface area (Å²) in [6, 6.07) is 1.74. The van der Waals surface area contributed by atoms with Crippen molar-refractivity contribution in [2.45, 2.75) is 50.5 Å². The van der Waals surface area contributed by atoms with Crippen molar-refractivity contribution in [2.75, 3.05) is 13.1 Å². The molecule has 2 aromatic heterocycles. The van der Waals surface area contributed by atoms with Crippen LogP contribution in [0.3, 0.4) is 0 Å². The number of likely N-dealkylation sites (tertiary alicyclic amines) is 1. The Morgan fingerprint density at radius 1 is 1.50 bits per heavy atom. The number of carbonyl (C=O) groups is 1. The van der Waals surface area contributed by atoms with Crippen molar-refractivity contribution in [2.24, 2.45) is 0 Å². The van der Waals surface area contributed by atoms with E-state index in [-0.39, 0.29) is 18.9 Å². The minimum absolute atomic E-state index is 0.0644. The fourth-order valence-corrected chi connectivity index (χ4v) is 3.45. The van der Waals surface area contributed by atoms with Crippen LogP contribution in [0.25, 0.3) is 0 Å². The van der Waals surface area contributed by atoms with Crippen molar-refractivity contribution in [3.8, 4) is 0 Å². The fourth-order valence-electron chi connectivity index (χ4n) is 3.45. The molecule has 1 amide bonds. The van der Waals surface area contributed by atoms with Crippen LogP contribution in [0.5, 0.6) is 0 Å². The summed E-state index contributed by atoms with van der Waals surface area (Å²) >= 11 is 0. The molecule has 4 rings (SSSR count). The smallest absolute Gasteiger partial charge is 0.257 e. The number of aliphatic hydroxyl groups is 1. The Labute approximate surface area is 139 Å². The van der Waals surface area contributed by atoms with Gasteiger partial charge in [-0.3, -0.25) is 4.79 Å². The van der Waals surface area contributed by atoms with E-state index in [1.165, 1.54) is 0 Å². The zero-order chi connectivity index (χ0) is 16.7. The van der Waals surface area contributed by atoms with Crippen molar-refractivity contribution in [3.05, 3.63) is 35.4 Å². The summed E-state index contributed by atoms with van der Waals surface area (Å²) in [5.74, 6) is 2.06. The largest absolute Gasteiger partial charge is 0.468 e. The van der Waals surface area contributed by atoms with Crippen molar-refractivity contribution in [1.29, 1.82) is 0 Å². The van der Waals surface area contributed by atoms with Gasteiger partial charge in [-0.05, 0) is 38.7 Å². The molecule has 1 atom stereocenters. The fraction of sp³-hybridized carbons (Fsp3) is 0.588. The van der Waals surface area contributed by atoms with Crippen LogP contribution < -0.4 is 0 Å². The van der Waals surface area contributed by atoms with Gasteiger partial charge in [0.05, 0.1) is 30.4 Å². The lowest BCUT2D eigenvalue weighted by atomic mass is 9.89. The predicted octanol–water partition coefficient (Wildman–Crippen LogP) is 2.06. The Morgan fingerprint density at radius 3 is 3.04 bits per heavy atom. The van der Waals surface area contributed by atoms with Gasteiger partial charge in [-0.2, -0.15) is 4.98 Å². The summed E-state index contributed by atoms with van der Waals surface area (Å²) in [4.78, 5) is 18.7. The Hall–Kier alpha value is -2.15. The number of amides is 1. The monoisotopic (exact) mass is 331 g/mol. The Bertz CT molecular complexity index is 749. The molecule has 0 aromatic carbocycles. The molecule has 24 heavy (non-hydrogen) atoms. The van der Waals surface area contributed by atoms with Crippen molar-refractivity contribution in [1.82, 2.24) is 15.0 Å². The minimum atomic E-state index is -1.03. The first-order valence-electron chi connectivity index (χ1n) is 8.42. The van der Waals surface area contributed by atoms with E-state index in [4.69, 9.17) is 8.94 Å². The molecule has 1 aliphatic carbocycles. The second-order valence-corrected chi connectivity index (χ2v) is 6.94. The lowest BCUT2D eigenvalue weighted by molar-refractivity contribution is -0.0287. The maximum atomic E-state index is 12.9. The number of hydrogen-bond donors (Lipinski definition) is 1. The van der Waals surface area contributed by atoms with E-state index in [9.17, 15) is 9.90 Å². The van der Waals surface area contributed by atoms with Crippen LogP contribution in [0.1, 0.15) is 59.4 Å². The van der Waals surface area contributed by atoms with Crippen LogP contribution in [-0.4, -0.2) is 44.7 Å². The summed E-state index contributed by atoms with van der Waals surface area (Å²) in [6.45, 7) is 2.65. The molecule has 1 saturated carbocycles. The molecular formula is C17H21N3O4. The van der Waals surface area contributed by atoms with Gasteiger partial charge in [-0.1, -0.05) is 5.16 Å². The third-order valence-corrected chi connectivity index (χ3v) is 4.77. The second-order valence-electron chi connectivity index (χ2n) is 6.94. The molecule has 3 heterocycles. The second kappa shape index (κ2) is 5.73. The molecule has 1 saturated heterocycles. The molecule has 1 N–H and O–H groups in total. The molecular weight excluding hydrogens is 310 g/mol. The quantitative estimate of drug-likeness (QED) is 0.922. The average molecular weight is 331 g/mol. The van der Waals surface area contributed by atoms with Crippen molar-refractivity contribution >= 4 is 5.91 Å². The zero-order valence-corrected chi connectivity index (χ0v) is 13.7. The molecule has 7 nitrogen and oxygen atoms in total. The maximum Gasteiger partial charge on any atom is 0.257 e. The standard InChI is InChI=1S/C17H21N3O4/c1-11-18-14(24-19-11)9-17(22)6-2-7-20(10-17)16(21)13-5-8-23-15(13)12-3-4-12/h5,8,12,22H,2-4,6-7,9-10H2,1H3. The van der Waals surface area contributed by atoms with Crippen LogP contribution in [0.15, 0.2) is 21.3 Å². The molecule has 1 aliphatic heterocycles. The summed E-state index contributed by atoms with van der Waals surface area (Å²) in [7, 11) is 0. The molecule has 2 aliphatic rings. The van der Waals surface area contributed by atoms with Gasteiger partial charge in [-0.25, -0.2) is 0 Å². The highest BCUT2D eigenvalue weighted by atomic mass is 16.5. The average Bonchev–Trinajstić information content (AvgIpc) is 3.14. The number of rotatable bonds is 4. The highest BCUT2D eigenvalue weighted by molar-refractivity contribution is 5.95. The Morgan fingerprint density at radius 2 is 2.33 bits per heavy atom. The number of aromatic nitrogens is 2. The third-order valence-electron chi connectivity index (χ3n) is 4.77. The summed E-state index contributed by atoms with van der Waals surface area (Å²) < 4.78 is 10.6. The number of furan rings is 1. The summed E-state index contributed by atoms with van der Waals surface area (Å²) in [6.07, 6.45) is 5.35. The van der Waals surface area contributed by atoms with E-state index in [1.807, 2.05) is 0 Å². The highest BCUT2D eigenvalue weighted by Gasteiger charge is 2.39. The molecule has 2 fully saturated rings. The van der Waals surface area contributed by atoms with E-state index in [2.05, 4.69) is 10.1 Å². The molecule has 0 bridgehead atoms. The van der Waals surface area contributed by atoms with E-state index in [0.717, 1.165) is 25.0 Å². The number of carbonyl (C=O) groups excluding carboxylic acids is 1. The predicted molar refractivity (Wildman–Crippen MR) is 83.5 cm³/mol. The van der Waals surface area contributed by atoms with Crippen LogP contribution in [0.4, 0.5) is 0 Å². The lowest BCUT2D eigenvalue weighted by Gasteiger charge is -2.38. The van der Waals surface area contributed by atoms with Crippen LogP contribution in [-0.2, 0) is 6.42 Å². The number of hydrogen-bond acceptors (Lipinski definition) is 6. The molecule has 1 unspecified atom stereocenters. The molecule has 128 valence electrons. The molecule has 7 heteroatoms. The number of nitrogens with zero attached hydrogens (tertiary/aromatic N) is 3. The van der Waals surface area contributed by atoms with Gasteiger partial charge < -0.3 is 18.9 Å². The van der Waals surface area contributed by atoms with Gasteiger partial charge in [0.25, 0.3) is 5.91 Å². The molecule has 2 aromatic rings. The van der Waals surface area contributed by atoms with Crippen molar-refractivity contribution < 1.29 is 18.8 Å². The van der Waals surface area contributed by atoms with Gasteiger partial charge in [0.1, 0.15) is 5.76 Å². The SMILES string of the molecule is Cc1noc(CC2(O)CCCN(C(=O)c3ccoc3C3CC3)C2)n1. The van der Waals surface area contributed by atoms with Gasteiger partial charge in [0.15, 0.2) is 5.82 Å². The van der Waals surface area contributed by atoms with E-state index in [1.54, 1.807) is 24.2 Å². The van der Waals surface area contributed by atoms with Gasteiger partial charge >= 0.3 is 0 Å². The van der Waals surface area contributed by atoms with Gasteiger partial charge in [-0.15, -0.1) is 0 Å². The van der Waals surface area contributed by atoms with Gasteiger partial charge in [0, 0.05) is 12.5 Å². The van der Waals surface area contributed by atoms with Crippen LogP contribution >= 0.6 is 0 Å². The minimum Gasteiger partial charge on any atom is -0.468 e. The topological polar surface area (TPSA) is 92.6 Å². The first kappa shape index (κ1) is 15.4. The van der Waals surface area contributed by atoms with Crippen LogP contribution in [0.2, 0.25) is 0 Å². The molecule has 0 radical (unpaired) electrons. The number of β-amino-alcohol motifs (C(OH)–C–C–N with tert-alkyl or cyclic N) is 1. The number of piperidine rings is 1. The third kappa shape index (κ3) is 2.96. The van der Waals surface area contributed by atoms with Crippen molar-refractivity contribution in [3.63, 3.8) is 0 Å². The first-order chi connectivity index (χ1) is 11.5. The first-order valence-corrected chi connectivity index (χ1v) is 8.42. The van der Waals surface area contributed by atoms with Gasteiger partial charge in [0.2, 0.25) is 5.89 Å².